The molecule has 0 aliphatic heterocycles. The van der Waals surface area contributed by atoms with Crippen LogP contribution in [0.1, 0.15) is 73.4 Å². The molecular formula is C25H36N2O3. The third kappa shape index (κ3) is 6.84. The fourth-order valence-electron chi connectivity index (χ4n) is 3.83. The lowest BCUT2D eigenvalue weighted by molar-refractivity contribution is 0.112. The number of carbonyl (C=O) groups is 1. The molecule has 0 saturated heterocycles. The number of nitrogens with one attached hydrogen (secondary N) is 1. The molecule has 4 rings (SSSR count). The topological polar surface area (TPSA) is 71.5 Å². The number of rotatable bonds is 8. The first kappa shape index (κ1) is 23.9. The van der Waals surface area contributed by atoms with Crippen LogP contribution >= 0.6 is 0 Å². The number of aromatic nitrogens is 1. The van der Waals surface area contributed by atoms with E-state index in [9.17, 15) is 4.79 Å². The number of aliphatic hydroxyl groups excluding tert-OH is 1. The number of anilines is 1. The van der Waals surface area contributed by atoms with E-state index >= 15 is 0 Å². The molecule has 2 aliphatic rings. The third-order valence-electron chi connectivity index (χ3n) is 5.57. The van der Waals surface area contributed by atoms with Gasteiger partial charge in [-0.2, -0.15) is 0 Å². The van der Waals surface area contributed by atoms with Crippen LogP contribution < -0.4 is 10.1 Å². The maximum atomic E-state index is 11.2. The molecule has 1 heterocycles. The molecule has 0 bridgehead atoms. The van der Waals surface area contributed by atoms with Crippen molar-refractivity contribution < 1.29 is 14.6 Å². The van der Waals surface area contributed by atoms with E-state index in [1.807, 2.05) is 13.8 Å². The van der Waals surface area contributed by atoms with Crippen LogP contribution in [-0.2, 0) is 6.42 Å². The number of nitrogens with zero attached hydrogens (tertiary/aromatic N) is 1. The highest BCUT2D eigenvalue weighted by Gasteiger charge is 2.22. The van der Waals surface area contributed by atoms with Gasteiger partial charge >= 0.3 is 0 Å². The zero-order chi connectivity index (χ0) is 21.8. The molecule has 1 aromatic carbocycles. The molecule has 1 saturated carbocycles. The highest BCUT2D eigenvalue weighted by Crippen LogP contribution is 2.35. The Morgan fingerprint density at radius 1 is 1.20 bits per heavy atom. The first-order chi connectivity index (χ1) is 14.8. The van der Waals surface area contributed by atoms with Crippen molar-refractivity contribution in [3.8, 4) is 5.75 Å². The van der Waals surface area contributed by atoms with Gasteiger partial charge in [0.1, 0.15) is 5.75 Å². The summed E-state index contributed by atoms with van der Waals surface area (Å²) in [7, 11) is 1.00. The van der Waals surface area contributed by atoms with Crippen molar-refractivity contribution in [1.29, 1.82) is 0 Å². The number of hydrogen-bond acceptors (Lipinski definition) is 5. The van der Waals surface area contributed by atoms with Gasteiger partial charge < -0.3 is 15.2 Å². The Bertz CT molecular complexity index is 775. The van der Waals surface area contributed by atoms with E-state index in [0.29, 0.717) is 11.5 Å². The number of aryl methyl sites for hydroxylation is 1. The number of hydrogen-bond donors (Lipinski definition) is 2. The lowest BCUT2D eigenvalue weighted by atomic mass is 9.82. The van der Waals surface area contributed by atoms with Crippen LogP contribution in [0.2, 0.25) is 0 Å². The standard InChI is InChI=1S/C22H26N2O2.C2H6.CH4O/c25-15-19-8-10-23-14-22(19)24-13-18-3-1-2-17-12-20(6-7-21(17)18)26-11-9-16-4-5-16;2*1-2/h6-8,10,12,14-16,18,24H,1-5,9,11,13H2;1-2H3;2H,1H3. The molecule has 0 amide bonds. The van der Waals surface area contributed by atoms with Gasteiger partial charge in [0.2, 0.25) is 0 Å². The van der Waals surface area contributed by atoms with Crippen LogP contribution in [-0.4, -0.2) is 36.6 Å². The molecule has 2 N–H and O–H groups in total. The monoisotopic (exact) mass is 412 g/mol. The number of aldehydes is 1. The molecule has 164 valence electrons. The van der Waals surface area contributed by atoms with Gasteiger partial charge in [0.25, 0.3) is 0 Å². The molecule has 0 radical (unpaired) electrons. The van der Waals surface area contributed by atoms with E-state index in [-0.39, 0.29) is 0 Å². The average Bonchev–Trinajstić information content (AvgIpc) is 3.65. The molecule has 1 aromatic heterocycles. The summed E-state index contributed by atoms with van der Waals surface area (Å²) < 4.78 is 5.95. The Hall–Kier alpha value is -2.40. The van der Waals surface area contributed by atoms with E-state index in [4.69, 9.17) is 9.84 Å². The summed E-state index contributed by atoms with van der Waals surface area (Å²) in [6.07, 6.45) is 11.7. The van der Waals surface area contributed by atoms with Gasteiger partial charge in [0.05, 0.1) is 18.5 Å². The van der Waals surface area contributed by atoms with E-state index in [2.05, 4.69) is 28.5 Å². The number of aliphatic hydroxyl groups is 1. The predicted octanol–water partition coefficient (Wildman–Crippen LogP) is 5.24. The summed E-state index contributed by atoms with van der Waals surface area (Å²) in [6.45, 7) is 5.66. The van der Waals surface area contributed by atoms with Gasteiger partial charge in [-0.15, -0.1) is 0 Å². The van der Waals surface area contributed by atoms with E-state index in [0.717, 1.165) is 50.3 Å². The Balaban J connectivity index is 0.000000757. The summed E-state index contributed by atoms with van der Waals surface area (Å²) in [5.74, 6) is 2.37. The van der Waals surface area contributed by atoms with Crippen LogP contribution in [0.5, 0.6) is 5.75 Å². The zero-order valence-electron chi connectivity index (χ0n) is 18.6. The van der Waals surface area contributed by atoms with Gasteiger partial charge in [-0.3, -0.25) is 9.78 Å². The first-order valence-electron chi connectivity index (χ1n) is 11.2. The minimum absolute atomic E-state index is 0.457. The van der Waals surface area contributed by atoms with E-state index < -0.39 is 0 Å². The van der Waals surface area contributed by atoms with Crippen LogP contribution in [0.15, 0.2) is 36.7 Å². The number of benzene rings is 1. The Labute approximate surface area is 180 Å². The number of fused-ring (bicyclic) bond motifs is 1. The van der Waals surface area contributed by atoms with Crippen LogP contribution in [0.25, 0.3) is 0 Å². The van der Waals surface area contributed by atoms with Crippen LogP contribution in [0.3, 0.4) is 0 Å². The highest BCUT2D eigenvalue weighted by molar-refractivity contribution is 5.83. The molecule has 2 aromatic rings. The second kappa shape index (κ2) is 13.0. The lowest BCUT2D eigenvalue weighted by Crippen LogP contribution is -2.19. The average molecular weight is 413 g/mol. The van der Waals surface area contributed by atoms with Crippen molar-refractivity contribution in [1.82, 2.24) is 4.98 Å². The van der Waals surface area contributed by atoms with Crippen molar-refractivity contribution in [3.63, 3.8) is 0 Å². The van der Waals surface area contributed by atoms with Crippen LogP contribution in [0, 0.1) is 5.92 Å². The Morgan fingerprint density at radius 3 is 2.73 bits per heavy atom. The fraction of sp³-hybridized carbons (Fsp3) is 0.520. The molecule has 0 spiro atoms. The van der Waals surface area contributed by atoms with E-state index in [1.165, 1.54) is 43.2 Å². The van der Waals surface area contributed by atoms with Crippen molar-refractivity contribution in [2.75, 3.05) is 25.6 Å². The molecule has 2 aliphatic carbocycles. The maximum Gasteiger partial charge on any atom is 0.152 e. The van der Waals surface area contributed by atoms with Gasteiger partial charge in [-0.25, -0.2) is 0 Å². The molecule has 1 atom stereocenters. The Morgan fingerprint density at radius 2 is 2.00 bits per heavy atom. The summed E-state index contributed by atoms with van der Waals surface area (Å²) in [5.41, 5.74) is 4.30. The third-order valence-corrected chi connectivity index (χ3v) is 5.57. The van der Waals surface area contributed by atoms with Crippen molar-refractivity contribution in [3.05, 3.63) is 53.3 Å². The SMILES string of the molecule is CC.CO.O=Cc1ccncc1NCC1CCCc2cc(OCCC3CC3)ccc21. The smallest absolute Gasteiger partial charge is 0.152 e. The van der Waals surface area contributed by atoms with Gasteiger partial charge in [0, 0.05) is 31.3 Å². The van der Waals surface area contributed by atoms with Crippen molar-refractivity contribution in [2.45, 2.75) is 58.3 Å². The van der Waals surface area contributed by atoms with Gasteiger partial charge in [-0.05, 0) is 60.9 Å². The second-order valence-electron chi connectivity index (χ2n) is 7.49. The second-order valence-corrected chi connectivity index (χ2v) is 7.49. The predicted molar refractivity (Wildman–Crippen MR) is 123 cm³/mol. The van der Waals surface area contributed by atoms with Gasteiger partial charge in [-0.1, -0.05) is 32.8 Å². The Kier molecular flexibility index (Phi) is 10.4. The van der Waals surface area contributed by atoms with Gasteiger partial charge in [0.15, 0.2) is 6.29 Å². The molecule has 1 fully saturated rings. The summed E-state index contributed by atoms with van der Waals surface area (Å²) >= 11 is 0. The number of ether oxygens (including phenoxy) is 1. The lowest BCUT2D eigenvalue weighted by Gasteiger charge is -2.27. The summed E-state index contributed by atoms with van der Waals surface area (Å²) in [6, 6.07) is 8.33. The summed E-state index contributed by atoms with van der Waals surface area (Å²) in [5, 5.41) is 10.4. The highest BCUT2D eigenvalue weighted by atomic mass is 16.5. The van der Waals surface area contributed by atoms with Crippen molar-refractivity contribution >= 4 is 12.0 Å². The fourth-order valence-corrected chi connectivity index (χ4v) is 3.83. The molecule has 5 nitrogen and oxygen atoms in total. The normalized spacial score (nSPS) is 16.7. The molecular weight excluding hydrogens is 376 g/mol. The molecule has 1 unspecified atom stereocenters. The number of pyridine rings is 1. The quantitative estimate of drug-likeness (QED) is 0.580. The number of carbonyl (C=O) groups excluding carboxylic acids is 1. The molecule has 5 heteroatoms. The minimum Gasteiger partial charge on any atom is -0.494 e. The zero-order valence-corrected chi connectivity index (χ0v) is 18.6. The molecule has 30 heavy (non-hydrogen) atoms. The maximum absolute atomic E-state index is 11.2. The van der Waals surface area contributed by atoms with E-state index in [1.54, 1.807) is 18.5 Å². The minimum atomic E-state index is 0.457. The van der Waals surface area contributed by atoms with Crippen LogP contribution in [0.4, 0.5) is 5.69 Å². The first-order valence-corrected chi connectivity index (χ1v) is 11.2. The largest absolute Gasteiger partial charge is 0.494 e. The summed E-state index contributed by atoms with van der Waals surface area (Å²) in [4.78, 5) is 15.3. The van der Waals surface area contributed by atoms with Crippen molar-refractivity contribution in [2.24, 2.45) is 5.92 Å².